The van der Waals surface area contributed by atoms with Crippen molar-refractivity contribution in [3.05, 3.63) is 69.5 Å². The highest BCUT2D eigenvalue weighted by atomic mass is 35.5. The summed E-state index contributed by atoms with van der Waals surface area (Å²) in [5.41, 5.74) is 7.73. The molecule has 0 aliphatic heterocycles. The van der Waals surface area contributed by atoms with E-state index in [1.807, 2.05) is 18.2 Å². The Kier molecular flexibility index (Phi) is 4.23. The van der Waals surface area contributed by atoms with Crippen molar-refractivity contribution in [3.63, 3.8) is 0 Å². The van der Waals surface area contributed by atoms with E-state index in [9.17, 15) is 4.39 Å². The number of halogens is 3. The molecule has 0 heterocycles. The molecule has 0 bridgehead atoms. The summed E-state index contributed by atoms with van der Waals surface area (Å²) < 4.78 is 13.3. The minimum absolute atomic E-state index is 0.116. The van der Waals surface area contributed by atoms with E-state index in [1.165, 1.54) is 12.1 Å². The zero-order valence-corrected chi connectivity index (χ0v) is 11.0. The van der Waals surface area contributed by atoms with Crippen molar-refractivity contribution in [1.82, 2.24) is 0 Å². The topological polar surface area (TPSA) is 26.0 Å². The SMILES string of the molecule is NC(Cc1ccc(Cl)c(F)c1)c1ccccc1Cl. The molecule has 2 rings (SSSR count). The van der Waals surface area contributed by atoms with Crippen molar-refractivity contribution >= 4 is 23.2 Å². The van der Waals surface area contributed by atoms with Crippen LogP contribution in [0.2, 0.25) is 10.0 Å². The van der Waals surface area contributed by atoms with Crippen LogP contribution in [0.4, 0.5) is 4.39 Å². The first-order valence-electron chi connectivity index (χ1n) is 5.52. The molecular weight excluding hydrogens is 272 g/mol. The molecule has 18 heavy (non-hydrogen) atoms. The van der Waals surface area contributed by atoms with Gasteiger partial charge in [0, 0.05) is 11.1 Å². The van der Waals surface area contributed by atoms with Crippen molar-refractivity contribution in [1.29, 1.82) is 0 Å². The predicted octanol–water partition coefficient (Wildman–Crippen LogP) is 4.38. The monoisotopic (exact) mass is 283 g/mol. The fraction of sp³-hybridized carbons (Fsp3) is 0.143. The summed E-state index contributed by atoms with van der Waals surface area (Å²) >= 11 is 11.7. The molecule has 0 spiro atoms. The third-order valence-electron chi connectivity index (χ3n) is 2.74. The highest BCUT2D eigenvalue weighted by molar-refractivity contribution is 6.31. The van der Waals surface area contributed by atoms with Crippen LogP contribution in [0.25, 0.3) is 0 Å². The highest BCUT2D eigenvalue weighted by Gasteiger charge is 2.11. The van der Waals surface area contributed by atoms with Crippen LogP contribution in [-0.4, -0.2) is 0 Å². The lowest BCUT2D eigenvalue weighted by molar-refractivity contribution is 0.622. The molecule has 0 saturated heterocycles. The molecule has 2 aromatic rings. The maximum Gasteiger partial charge on any atom is 0.142 e. The Labute approximate surface area is 115 Å². The minimum atomic E-state index is -0.430. The van der Waals surface area contributed by atoms with E-state index in [2.05, 4.69) is 0 Å². The van der Waals surface area contributed by atoms with Gasteiger partial charge in [-0.2, -0.15) is 0 Å². The van der Waals surface area contributed by atoms with E-state index in [0.29, 0.717) is 11.4 Å². The summed E-state index contributed by atoms with van der Waals surface area (Å²) in [6, 6.07) is 11.8. The van der Waals surface area contributed by atoms with Gasteiger partial charge in [-0.05, 0) is 35.7 Å². The molecule has 1 atom stereocenters. The maximum absolute atomic E-state index is 13.3. The van der Waals surface area contributed by atoms with Crippen molar-refractivity contribution in [2.24, 2.45) is 5.73 Å². The largest absolute Gasteiger partial charge is 0.324 e. The standard InChI is InChI=1S/C14H12Cl2FN/c15-11-4-2-1-3-10(11)14(18)8-9-5-6-12(16)13(17)7-9/h1-7,14H,8,18H2. The van der Waals surface area contributed by atoms with Gasteiger partial charge < -0.3 is 5.73 Å². The molecule has 1 unspecified atom stereocenters. The number of nitrogens with two attached hydrogens (primary N) is 1. The molecule has 0 aliphatic carbocycles. The third kappa shape index (κ3) is 3.02. The third-order valence-corrected chi connectivity index (χ3v) is 3.40. The lowest BCUT2D eigenvalue weighted by Gasteiger charge is -2.14. The van der Waals surface area contributed by atoms with Crippen LogP contribution in [-0.2, 0) is 6.42 Å². The van der Waals surface area contributed by atoms with Gasteiger partial charge in [-0.15, -0.1) is 0 Å². The Morgan fingerprint density at radius 2 is 1.78 bits per heavy atom. The van der Waals surface area contributed by atoms with Crippen LogP contribution in [0.1, 0.15) is 17.2 Å². The Hall–Kier alpha value is -1.09. The van der Waals surface area contributed by atoms with E-state index in [0.717, 1.165) is 11.1 Å². The van der Waals surface area contributed by atoms with E-state index < -0.39 is 5.82 Å². The first-order valence-corrected chi connectivity index (χ1v) is 6.27. The van der Waals surface area contributed by atoms with Gasteiger partial charge in [-0.1, -0.05) is 47.5 Å². The Bertz CT molecular complexity index is 557. The molecule has 1 nitrogen and oxygen atoms in total. The van der Waals surface area contributed by atoms with Crippen LogP contribution >= 0.6 is 23.2 Å². The fourth-order valence-corrected chi connectivity index (χ4v) is 2.20. The summed E-state index contributed by atoms with van der Waals surface area (Å²) in [6.45, 7) is 0. The smallest absolute Gasteiger partial charge is 0.142 e. The molecule has 0 saturated carbocycles. The lowest BCUT2D eigenvalue weighted by atomic mass is 9.99. The van der Waals surface area contributed by atoms with Crippen LogP contribution in [0.15, 0.2) is 42.5 Å². The van der Waals surface area contributed by atoms with Crippen LogP contribution in [0.5, 0.6) is 0 Å². The van der Waals surface area contributed by atoms with E-state index in [4.69, 9.17) is 28.9 Å². The Morgan fingerprint density at radius 3 is 2.44 bits per heavy atom. The molecule has 0 radical (unpaired) electrons. The maximum atomic E-state index is 13.3. The van der Waals surface area contributed by atoms with Crippen molar-refractivity contribution in [3.8, 4) is 0 Å². The first-order chi connectivity index (χ1) is 8.58. The second-order valence-corrected chi connectivity index (χ2v) is 4.89. The Morgan fingerprint density at radius 1 is 1.06 bits per heavy atom. The lowest BCUT2D eigenvalue weighted by Crippen LogP contribution is -2.13. The molecular formula is C14H12Cl2FN. The predicted molar refractivity (Wildman–Crippen MR) is 73.5 cm³/mol. The first kappa shape index (κ1) is 13.3. The van der Waals surface area contributed by atoms with Gasteiger partial charge in [0.1, 0.15) is 5.82 Å². The van der Waals surface area contributed by atoms with Gasteiger partial charge in [0.2, 0.25) is 0 Å². The molecule has 4 heteroatoms. The average Bonchev–Trinajstić information content (AvgIpc) is 2.34. The van der Waals surface area contributed by atoms with Gasteiger partial charge >= 0.3 is 0 Å². The second-order valence-electron chi connectivity index (χ2n) is 4.08. The van der Waals surface area contributed by atoms with Gasteiger partial charge in [0.05, 0.1) is 5.02 Å². The molecule has 94 valence electrons. The van der Waals surface area contributed by atoms with Gasteiger partial charge in [0.25, 0.3) is 0 Å². The molecule has 2 N–H and O–H groups in total. The minimum Gasteiger partial charge on any atom is -0.324 e. The zero-order valence-electron chi connectivity index (χ0n) is 9.54. The quantitative estimate of drug-likeness (QED) is 0.889. The van der Waals surface area contributed by atoms with Gasteiger partial charge in [-0.3, -0.25) is 0 Å². The zero-order chi connectivity index (χ0) is 13.1. The molecule has 0 aromatic heterocycles. The summed E-state index contributed by atoms with van der Waals surface area (Å²) in [7, 11) is 0. The van der Waals surface area contributed by atoms with E-state index in [-0.39, 0.29) is 11.1 Å². The average molecular weight is 284 g/mol. The summed E-state index contributed by atoms with van der Waals surface area (Å²) in [4.78, 5) is 0. The number of hydrogen-bond acceptors (Lipinski definition) is 1. The van der Waals surface area contributed by atoms with Crippen LogP contribution < -0.4 is 5.73 Å². The summed E-state index contributed by atoms with van der Waals surface area (Å²) in [5, 5.41) is 0.740. The molecule has 2 aromatic carbocycles. The normalized spacial score (nSPS) is 12.4. The van der Waals surface area contributed by atoms with Crippen LogP contribution in [0.3, 0.4) is 0 Å². The van der Waals surface area contributed by atoms with Gasteiger partial charge in [0.15, 0.2) is 0 Å². The van der Waals surface area contributed by atoms with Crippen molar-refractivity contribution in [2.75, 3.05) is 0 Å². The number of rotatable bonds is 3. The number of benzene rings is 2. The van der Waals surface area contributed by atoms with E-state index >= 15 is 0 Å². The van der Waals surface area contributed by atoms with Crippen LogP contribution in [0, 0.1) is 5.82 Å². The molecule has 0 fully saturated rings. The van der Waals surface area contributed by atoms with Crippen molar-refractivity contribution < 1.29 is 4.39 Å². The van der Waals surface area contributed by atoms with E-state index in [1.54, 1.807) is 12.1 Å². The summed E-state index contributed by atoms with van der Waals surface area (Å²) in [6.07, 6.45) is 0.512. The summed E-state index contributed by atoms with van der Waals surface area (Å²) in [5.74, 6) is -0.430. The fourth-order valence-electron chi connectivity index (χ4n) is 1.81. The molecule has 0 aliphatic rings. The Balaban J connectivity index is 2.19. The van der Waals surface area contributed by atoms with Gasteiger partial charge in [-0.25, -0.2) is 4.39 Å². The number of hydrogen-bond donors (Lipinski definition) is 1. The highest BCUT2D eigenvalue weighted by Crippen LogP contribution is 2.25. The second kappa shape index (κ2) is 5.70. The van der Waals surface area contributed by atoms with Crippen molar-refractivity contribution in [2.45, 2.75) is 12.5 Å². The molecule has 0 amide bonds.